The molecule has 2 unspecified atom stereocenters. The Morgan fingerprint density at radius 3 is 2.48 bits per heavy atom. The molecule has 3 N–H and O–H groups in total. The zero-order valence-electron chi connectivity index (χ0n) is 16.7. The van der Waals surface area contributed by atoms with Crippen LogP contribution in [-0.2, 0) is 9.59 Å². The number of urea groups is 1. The molecule has 0 aromatic heterocycles. The van der Waals surface area contributed by atoms with E-state index in [1.807, 2.05) is 6.92 Å². The lowest BCUT2D eigenvalue weighted by Crippen LogP contribution is -2.47. The number of rotatable bonds is 7. The van der Waals surface area contributed by atoms with Crippen molar-refractivity contribution in [2.24, 2.45) is 0 Å². The molecule has 4 amide bonds. The number of hydrogen-bond donors (Lipinski definition) is 3. The summed E-state index contributed by atoms with van der Waals surface area (Å²) in [5.41, 5.74) is 2.25. The number of nitrogens with one attached hydrogen (secondary N) is 3. The molecule has 0 aliphatic carbocycles. The van der Waals surface area contributed by atoms with Crippen LogP contribution in [-0.4, -0.2) is 36.2 Å². The Labute approximate surface area is 174 Å². The molecular weight excluding hydrogens is 386 g/mol. The molecule has 2 aromatic carbocycles. The van der Waals surface area contributed by atoms with Crippen LogP contribution in [0.25, 0.3) is 11.1 Å². The summed E-state index contributed by atoms with van der Waals surface area (Å²) in [6.45, 7) is 4.03. The lowest BCUT2D eigenvalue weighted by Gasteiger charge is -2.20. The molecule has 1 saturated heterocycles. The van der Waals surface area contributed by atoms with Gasteiger partial charge in [0.15, 0.2) is 0 Å². The summed E-state index contributed by atoms with van der Waals surface area (Å²) in [7, 11) is 0. The van der Waals surface area contributed by atoms with Gasteiger partial charge in [0.25, 0.3) is 5.91 Å². The minimum absolute atomic E-state index is 0.0952. The van der Waals surface area contributed by atoms with Crippen LogP contribution in [0, 0.1) is 0 Å². The summed E-state index contributed by atoms with van der Waals surface area (Å²) in [6, 6.07) is 16.2. The average molecular weight is 412 g/mol. The van der Waals surface area contributed by atoms with E-state index in [1.54, 1.807) is 18.7 Å². The number of carbonyl (C=O) groups is 3. The number of hydrogen-bond acceptors (Lipinski definition) is 4. The van der Waals surface area contributed by atoms with Gasteiger partial charge in [0.1, 0.15) is 5.54 Å². The second kappa shape index (κ2) is 8.69. The molecule has 0 bridgehead atoms. The Morgan fingerprint density at radius 1 is 1.14 bits per heavy atom. The van der Waals surface area contributed by atoms with Crippen molar-refractivity contribution in [2.45, 2.75) is 36.6 Å². The fourth-order valence-electron chi connectivity index (χ4n) is 3.28. The topological polar surface area (TPSA) is 87.3 Å². The number of benzene rings is 2. The van der Waals surface area contributed by atoms with Crippen molar-refractivity contribution < 1.29 is 14.4 Å². The number of imide groups is 1. The van der Waals surface area contributed by atoms with Crippen molar-refractivity contribution >= 4 is 29.6 Å². The van der Waals surface area contributed by atoms with E-state index in [1.165, 1.54) is 10.5 Å². The average Bonchev–Trinajstić information content (AvgIpc) is 2.97. The smallest absolute Gasteiger partial charge is 0.322 e. The van der Waals surface area contributed by atoms with Gasteiger partial charge in [-0.25, -0.2) is 4.79 Å². The third-order valence-electron chi connectivity index (χ3n) is 5.12. The Hall–Kier alpha value is -2.80. The van der Waals surface area contributed by atoms with Crippen LogP contribution < -0.4 is 16.0 Å². The van der Waals surface area contributed by atoms with E-state index in [-0.39, 0.29) is 18.2 Å². The van der Waals surface area contributed by atoms with E-state index in [0.29, 0.717) is 6.54 Å². The summed E-state index contributed by atoms with van der Waals surface area (Å²) in [4.78, 5) is 36.6. The largest absolute Gasteiger partial charge is 0.355 e. The van der Waals surface area contributed by atoms with Gasteiger partial charge in [-0.15, -0.1) is 11.8 Å². The van der Waals surface area contributed by atoms with Crippen LogP contribution in [0.4, 0.5) is 4.79 Å². The molecule has 7 heteroatoms. The van der Waals surface area contributed by atoms with Crippen molar-refractivity contribution in [3.63, 3.8) is 0 Å². The summed E-state index contributed by atoms with van der Waals surface area (Å²) in [6.07, 6.45) is 1.97. The van der Waals surface area contributed by atoms with Crippen LogP contribution in [0.15, 0.2) is 53.4 Å². The fourth-order valence-corrected chi connectivity index (χ4v) is 3.74. The molecule has 1 fully saturated rings. The zero-order chi connectivity index (χ0) is 21.0. The van der Waals surface area contributed by atoms with Gasteiger partial charge in [0, 0.05) is 11.4 Å². The predicted molar refractivity (Wildman–Crippen MR) is 115 cm³/mol. The second-order valence-electron chi connectivity index (χ2n) is 7.48. The van der Waals surface area contributed by atoms with Crippen LogP contribution >= 0.6 is 11.8 Å². The monoisotopic (exact) mass is 411 g/mol. The first-order valence-electron chi connectivity index (χ1n) is 9.45. The third-order valence-corrected chi connectivity index (χ3v) is 5.85. The highest BCUT2D eigenvalue weighted by Crippen LogP contribution is 2.26. The minimum Gasteiger partial charge on any atom is -0.355 e. The summed E-state index contributed by atoms with van der Waals surface area (Å²) in [5, 5.41) is 7.51. The number of thioether (sulfide) groups is 1. The van der Waals surface area contributed by atoms with E-state index in [4.69, 9.17) is 0 Å². The molecule has 29 heavy (non-hydrogen) atoms. The molecule has 2 aromatic rings. The quantitative estimate of drug-likeness (QED) is 0.482. The number of amides is 4. The molecule has 2 atom stereocenters. The van der Waals surface area contributed by atoms with Gasteiger partial charge < -0.3 is 10.6 Å². The van der Waals surface area contributed by atoms with E-state index < -0.39 is 17.5 Å². The van der Waals surface area contributed by atoms with Gasteiger partial charge in [-0.1, -0.05) is 43.3 Å². The zero-order valence-corrected chi connectivity index (χ0v) is 17.6. The Balaban J connectivity index is 1.56. The molecule has 1 heterocycles. The maximum absolute atomic E-state index is 12.2. The molecule has 3 rings (SSSR count). The summed E-state index contributed by atoms with van der Waals surface area (Å²) in [5.74, 6) is -0.639. The number of carbonyl (C=O) groups excluding carboxylic acids is 3. The fraction of sp³-hybridized carbons (Fsp3) is 0.318. The first-order chi connectivity index (χ1) is 13.8. The highest BCUT2D eigenvalue weighted by molar-refractivity contribution is 7.98. The van der Waals surface area contributed by atoms with Crippen molar-refractivity contribution in [3.8, 4) is 11.1 Å². The van der Waals surface area contributed by atoms with Crippen molar-refractivity contribution in [2.75, 3.05) is 12.8 Å². The maximum atomic E-state index is 12.2. The van der Waals surface area contributed by atoms with E-state index in [0.717, 1.165) is 11.1 Å². The molecular formula is C22H25N3O3S. The maximum Gasteiger partial charge on any atom is 0.322 e. The molecule has 0 spiro atoms. The molecule has 0 saturated carbocycles. The van der Waals surface area contributed by atoms with Crippen LogP contribution in [0.2, 0.25) is 0 Å². The van der Waals surface area contributed by atoms with Gasteiger partial charge in [0.2, 0.25) is 5.91 Å². The standard InChI is InChI=1S/C22H25N3O3S/c1-14(13-23-19(26)12-22(2)20(27)24-21(28)25-22)15-7-9-16(10-8-15)17-5-4-6-18(11-17)29-3/h4-11,14H,12-13H2,1-3H3,(H,23,26)(H2,24,25,27,28). The summed E-state index contributed by atoms with van der Waals surface area (Å²) >= 11 is 1.72. The van der Waals surface area contributed by atoms with Crippen LogP contribution in [0.1, 0.15) is 31.7 Å². The lowest BCUT2D eigenvalue weighted by atomic mass is 9.96. The molecule has 0 radical (unpaired) electrons. The third kappa shape index (κ3) is 4.98. The Kier molecular flexibility index (Phi) is 6.27. The van der Waals surface area contributed by atoms with E-state index in [9.17, 15) is 14.4 Å². The SMILES string of the molecule is CSc1cccc(-c2ccc(C(C)CNC(=O)CC3(C)NC(=O)NC3=O)cc2)c1. The highest BCUT2D eigenvalue weighted by atomic mass is 32.2. The van der Waals surface area contributed by atoms with Gasteiger partial charge in [-0.3, -0.25) is 14.9 Å². The first kappa shape index (κ1) is 20.9. The van der Waals surface area contributed by atoms with Gasteiger partial charge >= 0.3 is 6.03 Å². The lowest BCUT2D eigenvalue weighted by molar-refractivity contribution is -0.129. The summed E-state index contributed by atoms with van der Waals surface area (Å²) < 4.78 is 0. The molecule has 1 aliphatic rings. The minimum atomic E-state index is -1.20. The van der Waals surface area contributed by atoms with Crippen molar-refractivity contribution in [1.29, 1.82) is 0 Å². The van der Waals surface area contributed by atoms with E-state index >= 15 is 0 Å². The Morgan fingerprint density at radius 2 is 1.86 bits per heavy atom. The Bertz CT molecular complexity index is 929. The van der Waals surface area contributed by atoms with Crippen LogP contribution in [0.5, 0.6) is 0 Å². The van der Waals surface area contributed by atoms with Crippen molar-refractivity contribution in [3.05, 3.63) is 54.1 Å². The van der Waals surface area contributed by atoms with Gasteiger partial charge in [0.05, 0.1) is 6.42 Å². The van der Waals surface area contributed by atoms with Gasteiger partial charge in [-0.2, -0.15) is 0 Å². The van der Waals surface area contributed by atoms with Gasteiger partial charge in [-0.05, 0) is 47.9 Å². The highest BCUT2D eigenvalue weighted by Gasteiger charge is 2.43. The van der Waals surface area contributed by atoms with E-state index in [2.05, 4.69) is 70.7 Å². The second-order valence-corrected chi connectivity index (χ2v) is 8.36. The van der Waals surface area contributed by atoms with Crippen LogP contribution in [0.3, 0.4) is 0 Å². The first-order valence-corrected chi connectivity index (χ1v) is 10.7. The molecule has 6 nitrogen and oxygen atoms in total. The normalized spacial score (nSPS) is 19.4. The van der Waals surface area contributed by atoms with Crippen molar-refractivity contribution in [1.82, 2.24) is 16.0 Å². The molecule has 152 valence electrons. The predicted octanol–water partition coefficient (Wildman–Crippen LogP) is 3.28. The molecule has 1 aliphatic heterocycles.